The maximum Gasteiger partial charge on any atom is 0.282 e. The highest BCUT2D eigenvalue weighted by atomic mass is 32.2. The third-order valence-corrected chi connectivity index (χ3v) is 6.35. The highest BCUT2D eigenvalue weighted by Crippen LogP contribution is 2.25. The van der Waals surface area contributed by atoms with E-state index in [2.05, 4.69) is 0 Å². The predicted octanol–water partition coefficient (Wildman–Crippen LogP) is 0.401. The quantitative estimate of drug-likeness (QED) is 0.816. The summed E-state index contributed by atoms with van der Waals surface area (Å²) in [5.74, 6) is 0.289. The molecule has 2 aliphatic rings. The summed E-state index contributed by atoms with van der Waals surface area (Å²) in [6.45, 7) is 6.60. The molecule has 0 bridgehead atoms. The van der Waals surface area contributed by atoms with Gasteiger partial charge in [-0.05, 0) is 38.6 Å². The van der Waals surface area contributed by atoms with Gasteiger partial charge in [-0.15, -0.1) is 0 Å². The third kappa shape index (κ3) is 3.33. The Bertz CT molecular complexity index is 415. The van der Waals surface area contributed by atoms with E-state index in [0.29, 0.717) is 32.8 Å². The van der Waals surface area contributed by atoms with E-state index in [-0.39, 0.29) is 18.1 Å². The fraction of sp³-hybridized carbons (Fsp3) is 1.00. The van der Waals surface area contributed by atoms with E-state index < -0.39 is 10.2 Å². The predicted molar refractivity (Wildman–Crippen MR) is 78.5 cm³/mol. The van der Waals surface area contributed by atoms with Crippen molar-refractivity contribution in [3.8, 4) is 0 Å². The summed E-state index contributed by atoms with van der Waals surface area (Å²) >= 11 is 0. The van der Waals surface area contributed by atoms with Crippen LogP contribution in [0.25, 0.3) is 0 Å². The zero-order valence-corrected chi connectivity index (χ0v) is 13.3. The highest BCUT2D eigenvalue weighted by molar-refractivity contribution is 7.86. The first-order chi connectivity index (χ1) is 9.48. The third-order valence-electron chi connectivity index (χ3n) is 4.33. The van der Waals surface area contributed by atoms with Gasteiger partial charge in [0.1, 0.15) is 0 Å². The van der Waals surface area contributed by atoms with Crippen molar-refractivity contribution >= 4 is 10.2 Å². The number of nitrogens with two attached hydrogens (primary N) is 1. The summed E-state index contributed by atoms with van der Waals surface area (Å²) in [4.78, 5) is 0. The molecule has 2 fully saturated rings. The smallest absolute Gasteiger partial charge is 0.282 e. The average molecular weight is 305 g/mol. The zero-order chi connectivity index (χ0) is 14.8. The van der Waals surface area contributed by atoms with E-state index in [9.17, 15) is 8.42 Å². The summed E-state index contributed by atoms with van der Waals surface area (Å²) in [6, 6.07) is -0.0468. The molecule has 2 heterocycles. The van der Waals surface area contributed by atoms with Crippen LogP contribution < -0.4 is 5.73 Å². The summed E-state index contributed by atoms with van der Waals surface area (Å²) < 4.78 is 34.6. The van der Waals surface area contributed by atoms with Crippen LogP contribution in [-0.4, -0.2) is 62.0 Å². The van der Waals surface area contributed by atoms with Crippen molar-refractivity contribution < 1.29 is 13.2 Å². The molecule has 0 aliphatic carbocycles. The molecular weight excluding hydrogens is 278 g/mol. The minimum absolute atomic E-state index is 0.0392. The van der Waals surface area contributed by atoms with Crippen molar-refractivity contribution in [1.29, 1.82) is 0 Å². The lowest BCUT2D eigenvalue weighted by Gasteiger charge is -2.41. The van der Waals surface area contributed by atoms with E-state index in [4.69, 9.17) is 10.5 Å². The molecule has 0 aromatic rings. The van der Waals surface area contributed by atoms with Crippen LogP contribution in [0.15, 0.2) is 0 Å². The molecule has 0 saturated carbocycles. The Balaban J connectivity index is 2.14. The van der Waals surface area contributed by atoms with Crippen LogP contribution in [0.4, 0.5) is 0 Å². The lowest BCUT2D eigenvalue weighted by atomic mass is 10.0. The first kappa shape index (κ1) is 16.2. The largest absolute Gasteiger partial charge is 0.375 e. The average Bonchev–Trinajstić information content (AvgIpc) is 2.47. The molecule has 3 atom stereocenters. The van der Waals surface area contributed by atoms with E-state index in [1.54, 1.807) is 8.61 Å². The molecule has 0 spiro atoms. The molecule has 2 N–H and O–H groups in total. The van der Waals surface area contributed by atoms with E-state index in [1.807, 2.05) is 13.8 Å². The second-order valence-electron chi connectivity index (χ2n) is 5.89. The van der Waals surface area contributed by atoms with Crippen LogP contribution in [0.3, 0.4) is 0 Å². The first-order valence-corrected chi connectivity index (χ1v) is 8.97. The Morgan fingerprint density at radius 2 is 2.10 bits per heavy atom. The number of hydrogen-bond donors (Lipinski definition) is 1. The van der Waals surface area contributed by atoms with Crippen molar-refractivity contribution in [2.24, 2.45) is 11.7 Å². The fourth-order valence-corrected chi connectivity index (χ4v) is 5.04. The number of piperidine rings is 1. The van der Waals surface area contributed by atoms with Gasteiger partial charge in [0.05, 0.1) is 12.7 Å². The fourth-order valence-electron chi connectivity index (χ4n) is 2.99. The lowest BCUT2D eigenvalue weighted by Crippen LogP contribution is -2.57. The topological polar surface area (TPSA) is 75.9 Å². The second-order valence-corrected chi connectivity index (χ2v) is 7.77. The van der Waals surface area contributed by atoms with Crippen LogP contribution in [0.5, 0.6) is 0 Å². The monoisotopic (exact) mass is 305 g/mol. The summed E-state index contributed by atoms with van der Waals surface area (Å²) in [6.07, 6.45) is 2.67. The van der Waals surface area contributed by atoms with Crippen LogP contribution in [0.2, 0.25) is 0 Å². The molecule has 0 radical (unpaired) electrons. The molecule has 2 saturated heterocycles. The summed E-state index contributed by atoms with van der Waals surface area (Å²) in [5, 5.41) is 0. The second kappa shape index (κ2) is 6.70. The van der Waals surface area contributed by atoms with Crippen molar-refractivity contribution in [2.45, 2.75) is 45.3 Å². The zero-order valence-electron chi connectivity index (χ0n) is 12.5. The minimum atomic E-state index is -3.39. The molecule has 2 rings (SSSR count). The molecule has 20 heavy (non-hydrogen) atoms. The van der Waals surface area contributed by atoms with E-state index in [0.717, 1.165) is 19.3 Å². The normalized spacial score (nSPS) is 34.2. The molecular formula is C13H27N3O3S. The van der Waals surface area contributed by atoms with Crippen LogP contribution in [-0.2, 0) is 14.9 Å². The van der Waals surface area contributed by atoms with Gasteiger partial charge in [0.15, 0.2) is 0 Å². The van der Waals surface area contributed by atoms with Gasteiger partial charge in [0.25, 0.3) is 10.2 Å². The maximum absolute atomic E-state index is 12.9. The molecule has 2 aliphatic heterocycles. The van der Waals surface area contributed by atoms with E-state index in [1.165, 1.54) is 0 Å². The SMILES string of the molecule is CCC1COC(C)CN1S(=O)(=O)N1CCCC(CN)C1. The molecule has 7 heteroatoms. The number of hydrogen-bond acceptors (Lipinski definition) is 4. The van der Waals surface area contributed by atoms with Crippen molar-refractivity contribution in [1.82, 2.24) is 8.61 Å². The maximum atomic E-state index is 12.9. The highest BCUT2D eigenvalue weighted by Gasteiger charge is 2.39. The molecule has 3 unspecified atom stereocenters. The Morgan fingerprint density at radius 3 is 2.75 bits per heavy atom. The summed E-state index contributed by atoms with van der Waals surface area (Å²) in [7, 11) is -3.39. The minimum Gasteiger partial charge on any atom is -0.375 e. The Kier molecular flexibility index (Phi) is 5.42. The van der Waals surface area contributed by atoms with Gasteiger partial charge in [-0.25, -0.2) is 0 Å². The van der Waals surface area contributed by atoms with Crippen LogP contribution in [0.1, 0.15) is 33.1 Å². The molecule has 6 nitrogen and oxygen atoms in total. The number of morpholine rings is 1. The van der Waals surface area contributed by atoms with Crippen LogP contribution in [0, 0.1) is 5.92 Å². The van der Waals surface area contributed by atoms with Gasteiger partial charge < -0.3 is 10.5 Å². The van der Waals surface area contributed by atoms with Gasteiger partial charge >= 0.3 is 0 Å². The van der Waals surface area contributed by atoms with Crippen molar-refractivity contribution in [3.05, 3.63) is 0 Å². The van der Waals surface area contributed by atoms with Gasteiger partial charge in [0, 0.05) is 25.7 Å². The first-order valence-electron chi connectivity index (χ1n) is 7.57. The lowest BCUT2D eigenvalue weighted by molar-refractivity contribution is -0.0254. The Hall–Kier alpha value is -0.210. The Labute approximate surface area is 122 Å². The number of ether oxygens (including phenoxy) is 1. The molecule has 0 amide bonds. The summed E-state index contributed by atoms with van der Waals surface area (Å²) in [5.41, 5.74) is 5.71. The Morgan fingerprint density at radius 1 is 1.35 bits per heavy atom. The molecule has 0 aromatic heterocycles. The van der Waals surface area contributed by atoms with Gasteiger partial charge in [-0.1, -0.05) is 6.92 Å². The standard InChI is InChI=1S/C13H27N3O3S/c1-3-13-10-19-11(2)8-16(13)20(17,18)15-6-4-5-12(7-14)9-15/h11-13H,3-10,14H2,1-2H3. The van der Waals surface area contributed by atoms with Gasteiger partial charge in [-0.3, -0.25) is 0 Å². The molecule has 118 valence electrons. The van der Waals surface area contributed by atoms with Crippen LogP contribution >= 0.6 is 0 Å². The molecule has 0 aromatic carbocycles. The number of nitrogens with zero attached hydrogens (tertiary/aromatic N) is 2. The van der Waals surface area contributed by atoms with Crippen molar-refractivity contribution in [3.63, 3.8) is 0 Å². The number of rotatable bonds is 4. The van der Waals surface area contributed by atoms with E-state index >= 15 is 0 Å². The van der Waals surface area contributed by atoms with Gasteiger partial charge in [0.2, 0.25) is 0 Å². The van der Waals surface area contributed by atoms with Gasteiger partial charge in [-0.2, -0.15) is 17.0 Å². The van der Waals surface area contributed by atoms with Crippen molar-refractivity contribution in [2.75, 3.05) is 32.8 Å².